The molecular formula is C15H22N2O3. The van der Waals surface area contributed by atoms with Crippen molar-refractivity contribution in [2.24, 2.45) is 5.92 Å². The lowest BCUT2D eigenvalue weighted by Crippen LogP contribution is -2.49. The van der Waals surface area contributed by atoms with Gasteiger partial charge in [0.25, 0.3) is 5.91 Å². The lowest BCUT2D eigenvalue weighted by Gasteiger charge is -2.34. The highest BCUT2D eigenvalue weighted by Crippen LogP contribution is 2.19. The molecule has 1 aliphatic heterocycles. The molecule has 5 heteroatoms. The predicted molar refractivity (Wildman–Crippen MR) is 75.2 cm³/mol. The molecule has 0 bridgehead atoms. The number of nitrogens with one attached hydrogen (secondary N) is 1. The van der Waals surface area contributed by atoms with Crippen molar-refractivity contribution in [1.82, 2.24) is 10.2 Å². The van der Waals surface area contributed by atoms with Gasteiger partial charge in [0.2, 0.25) is 5.91 Å². The average Bonchev–Trinajstić information content (AvgIpc) is 3.00. The van der Waals surface area contributed by atoms with Crippen molar-refractivity contribution in [2.45, 2.75) is 39.2 Å². The topological polar surface area (TPSA) is 62.6 Å². The fourth-order valence-electron chi connectivity index (χ4n) is 2.61. The van der Waals surface area contributed by atoms with Gasteiger partial charge < -0.3 is 14.6 Å². The molecule has 0 aromatic carbocycles. The summed E-state index contributed by atoms with van der Waals surface area (Å²) in [7, 11) is 0. The number of rotatable bonds is 4. The van der Waals surface area contributed by atoms with Crippen molar-refractivity contribution in [3.05, 3.63) is 24.2 Å². The van der Waals surface area contributed by atoms with Crippen molar-refractivity contribution in [2.75, 3.05) is 13.1 Å². The third kappa shape index (κ3) is 3.40. The Balaban J connectivity index is 1.90. The minimum atomic E-state index is -0.506. The molecular weight excluding hydrogens is 256 g/mol. The van der Waals surface area contributed by atoms with Crippen molar-refractivity contribution in [1.29, 1.82) is 0 Å². The second kappa shape index (κ2) is 6.59. The van der Waals surface area contributed by atoms with Gasteiger partial charge in [0.1, 0.15) is 12.3 Å². The number of likely N-dealkylation sites (tertiary alicyclic amines) is 1. The van der Waals surface area contributed by atoms with Crippen LogP contribution in [-0.2, 0) is 4.79 Å². The largest absolute Gasteiger partial charge is 0.472 e. The zero-order valence-electron chi connectivity index (χ0n) is 12.1. The summed E-state index contributed by atoms with van der Waals surface area (Å²) in [5, 5.41) is 2.72. The van der Waals surface area contributed by atoms with E-state index in [-0.39, 0.29) is 11.8 Å². The standard InChI is InChI=1S/C15H22N2O3/c1-3-12-5-4-7-17(9-12)15(19)11(2)16-14(18)13-6-8-20-10-13/h6,8,10-12H,3-5,7,9H2,1-2H3,(H,16,18)/t11-,12-/m0/s1. The number of furan rings is 1. The van der Waals surface area contributed by atoms with E-state index in [2.05, 4.69) is 12.2 Å². The lowest BCUT2D eigenvalue weighted by molar-refractivity contribution is -0.134. The van der Waals surface area contributed by atoms with Crippen LogP contribution in [0.2, 0.25) is 0 Å². The number of carbonyl (C=O) groups is 2. The zero-order chi connectivity index (χ0) is 14.5. The molecule has 110 valence electrons. The molecule has 1 N–H and O–H groups in total. The fraction of sp³-hybridized carbons (Fsp3) is 0.600. The third-order valence-corrected chi connectivity index (χ3v) is 3.91. The van der Waals surface area contributed by atoms with Gasteiger partial charge in [-0.1, -0.05) is 13.3 Å². The SMILES string of the molecule is CC[C@H]1CCCN(C(=O)[C@H](C)NC(=O)c2ccoc2)C1. The number of carbonyl (C=O) groups excluding carboxylic acids is 2. The summed E-state index contributed by atoms with van der Waals surface area (Å²) in [6.45, 7) is 5.49. The van der Waals surface area contributed by atoms with Crippen molar-refractivity contribution in [3.63, 3.8) is 0 Å². The predicted octanol–water partition coefficient (Wildman–Crippen LogP) is 2.05. The van der Waals surface area contributed by atoms with E-state index >= 15 is 0 Å². The van der Waals surface area contributed by atoms with Crippen LogP contribution >= 0.6 is 0 Å². The second-order valence-corrected chi connectivity index (χ2v) is 5.41. The molecule has 1 aliphatic rings. The number of nitrogens with zero attached hydrogens (tertiary/aromatic N) is 1. The smallest absolute Gasteiger partial charge is 0.255 e. The summed E-state index contributed by atoms with van der Waals surface area (Å²) in [5.41, 5.74) is 0.440. The first kappa shape index (κ1) is 14.6. The summed E-state index contributed by atoms with van der Waals surface area (Å²) in [4.78, 5) is 26.1. The van der Waals surface area contributed by atoms with Crippen molar-refractivity contribution < 1.29 is 14.0 Å². The van der Waals surface area contributed by atoms with Crippen molar-refractivity contribution >= 4 is 11.8 Å². The molecule has 5 nitrogen and oxygen atoms in total. The van der Waals surface area contributed by atoms with Gasteiger partial charge in [-0.2, -0.15) is 0 Å². The molecule has 1 saturated heterocycles. The Kier molecular flexibility index (Phi) is 4.82. The van der Waals surface area contributed by atoms with E-state index in [1.54, 1.807) is 13.0 Å². The molecule has 1 aromatic rings. The Morgan fingerprint density at radius 2 is 2.35 bits per heavy atom. The minimum absolute atomic E-state index is 0.00000472. The van der Waals surface area contributed by atoms with Crippen LogP contribution in [0.5, 0.6) is 0 Å². The molecule has 20 heavy (non-hydrogen) atoms. The molecule has 0 aliphatic carbocycles. The van der Waals surface area contributed by atoms with Gasteiger partial charge >= 0.3 is 0 Å². The summed E-state index contributed by atoms with van der Waals surface area (Å²) >= 11 is 0. The highest BCUT2D eigenvalue weighted by Gasteiger charge is 2.27. The molecule has 1 aromatic heterocycles. The maximum Gasteiger partial charge on any atom is 0.255 e. The molecule has 0 saturated carbocycles. The Hall–Kier alpha value is -1.78. The summed E-state index contributed by atoms with van der Waals surface area (Å²) in [6, 6.07) is 1.08. The summed E-state index contributed by atoms with van der Waals surface area (Å²) < 4.78 is 4.87. The summed E-state index contributed by atoms with van der Waals surface area (Å²) in [5.74, 6) is 0.313. The molecule has 2 heterocycles. The van der Waals surface area contributed by atoms with E-state index in [0.29, 0.717) is 11.5 Å². The fourth-order valence-corrected chi connectivity index (χ4v) is 2.61. The minimum Gasteiger partial charge on any atom is -0.472 e. The van der Waals surface area contributed by atoms with Gasteiger partial charge in [-0.25, -0.2) is 0 Å². The molecule has 0 radical (unpaired) electrons. The Bertz CT molecular complexity index is 456. The molecule has 2 atom stereocenters. The monoisotopic (exact) mass is 278 g/mol. The van der Waals surface area contributed by atoms with Crippen molar-refractivity contribution in [3.8, 4) is 0 Å². The maximum atomic E-state index is 12.4. The lowest BCUT2D eigenvalue weighted by atomic mass is 9.95. The maximum absolute atomic E-state index is 12.4. The van der Waals surface area contributed by atoms with E-state index in [0.717, 1.165) is 25.9 Å². The summed E-state index contributed by atoms with van der Waals surface area (Å²) in [6.07, 6.45) is 6.15. The van der Waals surface area contributed by atoms with Gasteiger partial charge in [0.05, 0.1) is 11.8 Å². The van der Waals surface area contributed by atoms with Crippen LogP contribution in [-0.4, -0.2) is 35.8 Å². The van der Waals surface area contributed by atoms with Gasteiger partial charge in [0.15, 0.2) is 0 Å². The number of piperidine rings is 1. The third-order valence-electron chi connectivity index (χ3n) is 3.91. The van der Waals surface area contributed by atoms with Gasteiger partial charge in [0, 0.05) is 13.1 Å². The Morgan fingerprint density at radius 1 is 1.55 bits per heavy atom. The first-order valence-corrected chi connectivity index (χ1v) is 7.23. The Labute approximate surface area is 119 Å². The number of hydrogen-bond acceptors (Lipinski definition) is 3. The van der Waals surface area contributed by atoms with Crippen LogP contribution in [0.1, 0.15) is 43.5 Å². The highest BCUT2D eigenvalue weighted by atomic mass is 16.3. The van der Waals surface area contributed by atoms with Crippen LogP contribution in [0, 0.1) is 5.92 Å². The van der Waals surface area contributed by atoms with Crippen LogP contribution in [0.4, 0.5) is 0 Å². The van der Waals surface area contributed by atoms with Crippen LogP contribution in [0.15, 0.2) is 23.0 Å². The molecule has 2 rings (SSSR count). The van der Waals surface area contributed by atoms with Crippen LogP contribution in [0.25, 0.3) is 0 Å². The first-order chi connectivity index (χ1) is 9.61. The van der Waals surface area contributed by atoms with Crippen LogP contribution < -0.4 is 5.32 Å². The molecule has 0 unspecified atom stereocenters. The zero-order valence-corrected chi connectivity index (χ0v) is 12.1. The highest BCUT2D eigenvalue weighted by molar-refractivity contribution is 5.97. The molecule has 1 fully saturated rings. The van der Waals surface area contributed by atoms with Gasteiger partial charge in [-0.15, -0.1) is 0 Å². The van der Waals surface area contributed by atoms with E-state index in [9.17, 15) is 9.59 Å². The quantitative estimate of drug-likeness (QED) is 0.916. The molecule has 2 amide bonds. The second-order valence-electron chi connectivity index (χ2n) is 5.41. The van der Waals surface area contributed by atoms with Gasteiger partial charge in [-0.05, 0) is 31.7 Å². The van der Waals surface area contributed by atoms with E-state index < -0.39 is 6.04 Å². The molecule has 0 spiro atoms. The number of hydrogen-bond donors (Lipinski definition) is 1. The van der Waals surface area contributed by atoms with E-state index in [4.69, 9.17) is 4.42 Å². The van der Waals surface area contributed by atoms with E-state index in [1.807, 2.05) is 4.90 Å². The Morgan fingerprint density at radius 3 is 3.00 bits per heavy atom. The van der Waals surface area contributed by atoms with Crippen LogP contribution in [0.3, 0.4) is 0 Å². The van der Waals surface area contributed by atoms with E-state index in [1.165, 1.54) is 18.9 Å². The average molecular weight is 278 g/mol. The number of amides is 2. The first-order valence-electron chi connectivity index (χ1n) is 7.23. The van der Waals surface area contributed by atoms with Gasteiger partial charge in [-0.3, -0.25) is 9.59 Å². The normalized spacial score (nSPS) is 20.5.